The third-order valence-electron chi connectivity index (χ3n) is 4.99. The summed E-state index contributed by atoms with van der Waals surface area (Å²) in [7, 11) is 1.73. The quantitative estimate of drug-likeness (QED) is 0.763. The van der Waals surface area contributed by atoms with Crippen LogP contribution in [0.15, 0.2) is 66.9 Å². The minimum Gasteiger partial charge on any atom is -0.508 e. The number of hydrogen-bond acceptors (Lipinski definition) is 4. The first-order chi connectivity index (χ1) is 13.1. The molecule has 27 heavy (non-hydrogen) atoms. The predicted molar refractivity (Wildman–Crippen MR) is 107 cm³/mol. The number of carbonyl (C=O) groups excluding carboxylic acids is 1. The van der Waals surface area contributed by atoms with E-state index in [4.69, 9.17) is 0 Å². The number of aromatic nitrogens is 1. The summed E-state index contributed by atoms with van der Waals surface area (Å²) >= 11 is 0. The van der Waals surface area contributed by atoms with Crippen LogP contribution >= 0.6 is 0 Å². The molecule has 1 N–H and O–H groups in total. The van der Waals surface area contributed by atoms with E-state index in [1.807, 2.05) is 18.2 Å². The number of nitrogens with zero attached hydrogens (tertiary/aromatic N) is 3. The normalized spacial score (nSPS) is 15.5. The minimum absolute atomic E-state index is 0.139. The van der Waals surface area contributed by atoms with Crippen LogP contribution in [0, 0.1) is 0 Å². The van der Waals surface area contributed by atoms with E-state index in [0.717, 1.165) is 12.1 Å². The fourth-order valence-electron chi connectivity index (χ4n) is 3.62. The first kappa shape index (κ1) is 17.1. The van der Waals surface area contributed by atoms with Crippen molar-refractivity contribution in [1.29, 1.82) is 0 Å². The molecule has 0 spiro atoms. The van der Waals surface area contributed by atoms with Crippen LogP contribution in [0.1, 0.15) is 22.8 Å². The zero-order chi connectivity index (χ0) is 19.0. The largest absolute Gasteiger partial charge is 0.508 e. The van der Waals surface area contributed by atoms with E-state index < -0.39 is 0 Å². The standard InChI is InChI=1S/C22H21N3O2/c1-15-14-16-6-3-4-8-20(16)25(15)21-19(7-5-13-23-21)22(27)24(2)17-9-11-18(26)12-10-17/h3-13,15,26H,14H2,1-2H3. The van der Waals surface area contributed by atoms with Gasteiger partial charge in [0, 0.05) is 30.7 Å². The maximum absolute atomic E-state index is 13.2. The maximum atomic E-state index is 13.2. The van der Waals surface area contributed by atoms with Crippen LogP contribution in [0.5, 0.6) is 5.75 Å². The van der Waals surface area contributed by atoms with E-state index in [1.54, 1.807) is 48.5 Å². The smallest absolute Gasteiger partial charge is 0.261 e. The van der Waals surface area contributed by atoms with E-state index in [-0.39, 0.29) is 17.7 Å². The lowest BCUT2D eigenvalue weighted by atomic mass is 10.1. The molecule has 0 saturated carbocycles. The number of carbonyl (C=O) groups is 1. The summed E-state index contributed by atoms with van der Waals surface area (Å²) in [5.74, 6) is 0.704. The summed E-state index contributed by atoms with van der Waals surface area (Å²) in [5, 5.41) is 9.48. The Morgan fingerprint density at radius 3 is 2.63 bits per heavy atom. The number of para-hydroxylation sites is 1. The number of phenolic OH excluding ortho intramolecular Hbond substituents is 1. The molecule has 1 unspecified atom stereocenters. The molecule has 2 aromatic carbocycles. The highest BCUT2D eigenvalue weighted by Gasteiger charge is 2.31. The lowest BCUT2D eigenvalue weighted by Crippen LogP contribution is -2.31. The fraction of sp³-hybridized carbons (Fsp3) is 0.182. The molecular weight excluding hydrogens is 338 g/mol. The van der Waals surface area contributed by atoms with Gasteiger partial charge in [0.25, 0.3) is 5.91 Å². The average Bonchev–Trinajstić information content (AvgIpc) is 3.03. The summed E-state index contributed by atoms with van der Waals surface area (Å²) in [4.78, 5) is 21.5. The third kappa shape index (κ3) is 3.01. The summed E-state index contributed by atoms with van der Waals surface area (Å²) in [6.07, 6.45) is 2.65. The fourth-order valence-corrected chi connectivity index (χ4v) is 3.62. The monoisotopic (exact) mass is 359 g/mol. The minimum atomic E-state index is -0.139. The Kier molecular flexibility index (Phi) is 4.28. The van der Waals surface area contributed by atoms with Crippen molar-refractivity contribution in [2.75, 3.05) is 16.8 Å². The zero-order valence-corrected chi connectivity index (χ0v) is 15.3. The Morgan fingerprint density at radius 1 is 1.11 bits per heavy atom. The first-order valence-electron chi connectivity index (χ1n) is 8.95. The number of hydrogen-bond donors (Lipinski definition) is 1. The lowest BCUT2D eigenvalue weighted by Gasteiger charge is -2.27. The molecule has 3 aromatic rings. The highest BCUT2D eigenvalue weighted by Crippen LogP contribution is 2.38. The number of aromatic hydroxyl groups is 1. The second-order valence-electron chi connectivity index (χ2n) is 6.81. The van der Waals surface area contributed by atoms with Gasteiger partial charge in [-0.15, -0.1) is 0 Å². The topological polar surface area (TPSA) is 56.7 Å². The van der Waals surface area contributed by atoms with Crippen molar-refractivity contribution in [2.45, 2.75) is 19.4 Å². The van der Waals surface area contributed by atoms with Crippen LogP contribution in [0.2, 0.25) is 0 Å². The van der Waals surface area contributed by atoms with Crippen molar-refractivity contribution in [1.82, 2.24) is 4.98 Å². The Morgan fingerprint density at radius 2 is 1.85 bits per heavy atom. The molecule has 0 fully saturated rings. The van der Waals surface area contributed by atoms with E-state index in [1.165, 1.54) is 5.56 Å². The molecule has 1 aromatic heterocycles. The summed E-state index contributed by atoms with van der Waals surface area (Å²) in [5.41, 5.74) is 3.63. The van der Waals surface area contributed by atoms with Gasteiger partial charge in [0.2, 0.25) is 0 Å². The van der Waals surface area contributed by atoms with E-state index in [9.17, 15) is 9.90 Å². The number of phenols is 1. The van der Waals surface area contributed by atoms with Crippen LogP contribution in [-0.2, 0) is 6.42 Å². The second-order valence-corrected chi connectivity index (χ2v) is 6.81. The second kappa shape index (κ2) is 6.76. The van der Waals surface area contributed by atoms with E-state index in [0.29, 0.717) is 17.1 Å². The van der Waals surface area contributed by atoms with Crippen LogP contribution in [-0.4, -0.2) is 29.1 Å². The molecule has 1 atom stereocenters. The number of rotatable bonds is 3. The molecule has 1 aliphatic heterocycles. The highest BCUT2D eigenvalue weighted by atomic mass is 16.3. The Hall–Kier alpha value is -3.34. The van der Waals surface area contributed by atoms with Gasteiger partial charge in [0.1, 0.15) is 11.6 Å². The van der Waals surface area contributed by atoms with Gasteiger partial charge < -0.3 is 14.9 Å². The zero-order valence-electron chi connectivity index (χ0n) is 15.3. The van der Waals surface area contributed by atoms with Gasteiger partial charge in [-0.05, 0) is 61.4 Å². The molecule has 0 saturated heterocycles. The van der Waals surface area contributed by atoms with Crippen molar-refractivity contribution in [3.8, 4) is 5.75 Å². The molecule has 0 aliphatic carbocycles. The van der Waals surface area contributed by atoms with Gasteiger partial charge in [0.15, 0.2) is 0 Å². The van der Waals surface area contributed by atoms with Crippen molar-refractivity contribution < 1.29 is 9.90 Å². The lowest BCUT2D eigenvalue weighted by molar-refractivity contribution is 0.0993. The van der Waals surface area contributed by atoms with Gasteiger partial charge in [-0.1, -0.05) is 18.2 Å². The molecule has 2 heterocycles. The summed E-state index contributed by atoms with van der Waals surface area (Å²) < 4.78 is 0. The van der Waals surface area contributed by atoms with Gasteiger partial charge >= 0.3 is 0 Å². The van der Waals surface area contributed by atoms with Gasteiger partial charge in [0.05, 0.1) is 5.56 Å². The number of amides is 1. The van der Waals surface area contributed by atoms with E-state index in [2.05, 4.69) is 28.9 Å². The van der Waals surface area contributed by atoms with Gasteiger partial charge in [-0.3, -0.25) is 4.79 Å². The first-order valence-corrected chi connectivity index (χ1v) is 8.95. The molecule has 5 heteroatoms. The third-order valence-corrected chi connectivity index (χ3v) is 4.99. The Bertz CT molecular complexity index is 985. The maximum Gasteiger partial charge on any atom is 0.261 e. The van der Waals surface area contributed by atoms with Crippen LogP contribution < -0.4 is 9.80 Å². The van der Waals surface area contributed by atoms with E-state index >= 15 is 0 Å². The van der Waals surface area contributed by atoms with Gasteiger partial charge in [-0.25, -0.2) is 4.98 Å². The molecule has 136 valence electrons. The number of benzene rings is 2. The molecule has 0 radical (unpaired) electrons. The van der Waals surface area contributed by atoms with Crippen molar-refractivity contribution in [2.24, 2.45) is 0 Å². The predicted octanol–water partition coefficient (Wildman–Crippen LogP) is 4.15. The summed E-state index contributed by atoms with van der Waals surface area (Å²) in [6.45, 7) is 2.15. The van der Waals surface area contributed by atoms with Crippen molar-refractivity contribution in [3.63, 3.8) is 0 Å². The summed E-state index contributed by atoms with van der Waals surface area (Å²) in [6, 6.07) is 18.7. The Labute approximate surface area is 158 Å². The SMILES string of the molecule is CC1Cc2ccccc2N1c1ncccc1C(=O)N(C)c1ccc(O)cc1. The molecule has 1 amide bonds. The number of fused-ring (bicyclic) bond motifs is 1. The average molecular weight is 359 g/mol. The van der Waals surface area contributed by atoms with Gasteiger partial charge in [-0.2, -0.15) is 0 Å². The molecular formula is C22H21N3O2. The molecule has 5 nitrogen and oxygen atoms in total. The number of anilines is 3. The van der Waals surface area contributed by atoms with Crippen molar-refractivity contribution >= 4 is 23.1 Å². The molecule has 0 bridgehead atoms. The molecule has 1 aliphatic rings. The van der Waals surface area contributed by atoms with Crippen LogP contribution in [0.25, 0.3) is 0 Å². The van der Waals surface area contributed by atoms with Crippen LogP contribution in [0.4, 0.5) is 17.2 Å². The number of pyridine rings is 1. The van der Waals surface area contributed by atoms with Crippen molar-refractivity contribution in [3.05, 3.63) is 78.0 Å². The highest BCUT2D eigenvalue weighted by molar-refractivity contribution is 6.09. The van der Waals surface area contributed by atoms with Crippen LogP contribution in [0.3, 0.4) is 0 Å². The molecule has 4 rings (SSSR count). The Balaban J connectivity index is 1.73.